The number of hydrogen-bond acceptors (Lipinski definition) is 4. The van der Waals surface area contributed by atoms with E-state index in [1.807, 2.05) is 0 Å². The maximum atomic E-state index is 12.6. The van der Waals surface area contributed by atoms with E-state index in [9.17, 15) is 22.8 Å². The third-order valence-electron chi connectivity index (χ3n) is 2.57. The third-order valence-corrected chi connectivity index (χ3v) is 2.57. The Morgan fingerprint density at radius 2 is 1.67 bits per heavy atom. The second-order valence-corrected chi connectivity index (χ2v) is 6.10. The Bertz CT molecular complexity index is 553. The third kappa shape index (κ3) is 8.40. The number of ether oxygens (including phenoxy) is 2. The van der Waals surface area contributed by atoms with Gasteiger partial charge in [0.05, 0.1) is 0 Å². The summed E-state index contributed by atoms with van der Waals surface area (Å²) in [5, 5.41) is 0. The summed E-state index contributed by atoms with van der Waals surface area (Å²) in [6.07, 6.45) is -5.89. The summed E-state index contributed by atoms with van der Waals surface area (Å²) in [4.78, 5) is 23.9. The average molecular weight is 347 g/mol. The van der Waals surface area contributed by atoms with Gasteiger partial charge in [0.15, 0.2) is 0 Å². The highest BCUT2D eigenvalue weighted by Gasteiger charge is 2.35. The molecule has 1 aromatic rings. The summed E-state index contributed by atoms with van der Waals surface area (Å²) in [6, 6.07) is 8.49. The first-order valence-electron chi connectivity index (χ1n) is 7.20. The molecule has 1 aromatic carbocycles. The highest BCUT2D eigenvalue weighted by Crippen LogP contribution is 2.18. The van der Waals surface area contributed by atoms with Crippen LogP contribution < -0.4 is 0 Å². The van der Waals surface area contributed by atoms with Crippen molar-refractivity contribution in [2.75, 3.05) is 13.1 Å². The monoisotopic (exact) mass is 347 g/mol. The van der Waals surface area contributed by atoms with Gasteiger partial charge in [-0.15, -0.1) is 0 Å². The molecule has 0 fully saturated rings. The van der Waals surface area contributed by atoms with Gasteiger partial charge >= 0.3 is 18.2 Å². The van der Waals surface area contributed by atoms with E-state index in [1.54, 1.807) is 51.1 Å². The molecule has 134 valence electrons. The Hall–Kier alpha value is -2.25. The van der Waals surface area contributed by atoms with Crippen LogP contribution in [0.1, 0.15) is 26.3 Å². The zero-order valence-electron chi connectivity index (χ0n) is 13.7. The summed E-state index contributed by atoms with van der Waals surface area (Å²) in [5.41, 5.74) is -0.246. The zero-order chi connectivity index (χ0) is 18.4. The van der Waals surface area contributed by atoms with Crippen molar-refractivity contribution in [2.45, 2.75) is 39.2 Å². The first kappa shape index (κ1) is 19.8. The van der Waals surface area contributed by atoms with Gasteiger partial charge in [0.2, 0.25) is 0 Å². The summed E-state index contributed by atoms with van der Waals surface area (Å²) in [6.45, 7) is 2.10. The predicted molar refractivity (Wildman–Crippen MR) is 80.1 cm³/mol. The van der Waals surface area contributed by atoms with Crippen molar-refractivity contribution in [1.82, 2.24) is 4.90 Å². The number of esters is 1. The predicted octanol–water partition coefficient (Wildman–Crippen LogP) is 3.53. The molecule has 24 heavy (non-hydrogen) atoms. The maximum Gasteiger partial charge on any atom is 0.410 e. The van der Waals surface area contributed by atoms with E-state index in [-0.39, 0.29) is 11.5 Å². The van der Waals surface area contributed by atoms with Crippen LogP contribution in [0.15, 0.2) is 30.3 Å². The molecular formula is C16H20F3NO4. The second kappa shape index (κ2) is 8.03. The molecule has 0 atom stereocenters. The quantitative estimate of drug-likeness (QED) is 0.765. The molecule has 0 bridgehead atoms. The van der Waals surface area contributed by atoms with Crippen molar-refractivity contribution in [3.8, 4) is 0 Å². The summed E-state index contributed by atoms with van der Waals surface area (Å²) >= 11 is 0. The van der Waals surface area contributed by atoms with Gasteiger partial charge in [0.1, 0.15) is 25.3 Å². The fraction of sp³-hybridized carbons (Fsp3) is 0.500. The maximum absolute atomic E-state index is 12.6. The van der Waals surface area contributed by atoms with Gasteiger partial charge in [-0.1, -0.05) is 30.3 Å². The molecule has 1 amide bonds. The molecule has 0 heterocycles. The molecule has 0 unspecified atom stereocenters. The Morgan fingerprint density at radius 3 is 2.17 bits per heavy atom. The lowest BCUT2D eigenvalue weighted by atomic mass is 10.2. The van der Waals surface area contributed by atoms with Crippen LogP contribution in [-0.4, -0.2) is 41.8 Å². The molecule has 0 saturated heterocycles. The van der Waals surface area contributed by atoms with Crippen molar-refractivity contribution < 1.29 is 32.2 Å². The molecular weight excluding hydrogens is 327 g/mol. The van der Waals surface area contributed by atoms with Gasteiger partial charge in [-0.25, -0.2) is 4.79 Å². The van der Waals surface area contributed by atoms with Crippen molar-refractivity contribution in [2.24, 2.45) is 0 Å². The van der Waals surface area contributed by atoms with E-state index in [4.69, 9.17) is 9.47 Å². The largest absolute Gasteiger partial charge is 0.459 e. The standard InChI is InChI=1S/C16H20F3NO4/c1-15(2,3)24-13(21)9-20(11-16(17,18)19)14(22)23-10-12-7-5-4-6-8-12/h4-8H,9-11H2,1-3H3. The molecule has 0 aliphatic heterocycles. The number of carbonyl (C=O) groups excluding carboxylic acids is 2. The van der Waals surface area contributed by atoms with Gasteiger partial charge in [0, 0.05) is 0 Å². The normalized spacial score (nSPS) is 11.8. The smallest absolute Gasteiger partial charge is 0.410 e. The number of benzene rings is 1. The summed E-state index contributed by atoms with van der Waals surface area (Å²) < 4.78 is 47.6. The Kier molecular flexibility index (Phi) is 6.62. The Balaban J connectivity index is 2.70. The van der Waals surface area contributed by atoms with Gasteiger partial charge in [-0.3, -0.25) is 9.69 Å². The second-order valence-electron chi connectivity index (χ2n) is 6.10. The SMILES string of the molecule is CC(C)(C)OC(=O)CN(CC(F)(F)F)C(=O)OCc1ccccc1. The van der Waals surface area contributed by atoms with Crippen LogP contribution in [0, 0.1) is 0 Å². The zero-order valence-corrected chi connectivity index (χ0v) is 13.7. The van der Waals surface area contributed by atoms with Crippen LogP contribution in [-0.2, 0) is 20.9 Å². The lowest BCUT2D eigenvalue weighted by Gasteiger charge is -2.25. The van der Waals surface area contributed by atoms with Crippen LogP contribution >= 0.6 is 0 Å². The topological polar surface area (TPSA) is 55.8 Å². The highest BCUT2D eigenvalue weighted by atomic mass is 19.4. The number of amides is 1. The molecule has 0 aromatic heterocycles. The number of halogens is 3. The Labute approximate surface area is 138 Å². The van der Waals surface area contributed by atoms with Crippen molar-refractivity contribution in [1.29, 1.82) is 0 Å². The van der Waals surface area contributed by atoms with Crippen LogP contribution in [0.5, 0.6) is 0 Å². The van der Waals surface area contributed by atoms with E-state index in [0.717, 1.165) is 0 Å². The van der Waals surface area contributed by atoms with Crippen LogP contribution in [0.2, 0.25) is 0 Å². The van der Waals surface area contributed by atoms with Gasteiger partial charge in [-0.05, 0) is 26.3 Å². The molecule has 0 aliphatic rings. The molecule has 0 radical (unpaired) electrons. The van der Waals surface area contributed by atoms with Gasteiger partial charge < -0.3 is 9.47 Å². The molecule has 0 aliphatic carbocycles. The van der Waals surface area contributed by atoms with Crippen LogP contribution in [0.4, 0.5) is 18.0 Å². The first-order chi connectivity index (χ1) is 11.0. The minimum atomic E-state index is -4.66. The molecule has 8 heteroatoms. The van der Waals surface area contributed by atoms with Crippen molar-refractivity contribution in [3.05, 3.63) is 35.9 Å². The molecule has 1 rings (SSSR count). The van der Waals surface area contributed by atoms with E-state index in [2.05, 4.69) is 0 Å². The van der Waals surface area contributed by atoms with Crippen LogP contribution in [0.25, 0.3) is 0 Å². The number of nitrogens with zero attached hydrogens (tertiary/aromatic N) is 1. The fourth-order valence-electron chi connectivity index (χ4n) is 1.74. The van der Waals surface area contributed by atoms with E-state index >= 15 is 0 Å². The Morgan fingerprint density at radius 1 is 1.08 bits per heavy atom. The van der Waals surface area contributed by atoms with Gasteiger partial charge in [-0.2, -0.15) is 13.2 Å². The molecule has 0 spiro atoms. The van der Waals surface area contributed by atoms with Crippen molar-refractivity contribution in [3.63, 3.8) is 0 Å². The number of rotatable bonds is 5. The number of hydrogen-bond donors (Lipinski definition) is 0. The number of carbonyl (C=O) groups is 2. The molecule has 5 nitrogen and oxygen atoms in total. The van der Waals surface area contributed by atoms with E-state index in [0.29, 0.717) is 5.56 Å². The molecule has 0 N–H and O–H groups in total. The fourth-order valence-corrected chi connectivity index (χ4v) is 1.74. The van der Waals surface area contributed by atoms with E-state index in [1.165, 1.54) is 0 Å². The van der Waals surface area contributed by atoms with Gasteiger partial charge in [0.25, 0.3) is 0 Å². The summed E-state index contributed by atoms with van der Waals surface area (Å²) in [7, 11) is 0. The minimum absolute atomic E-state index is 0.192. The lowest BCUT2D eigenvalue weighted by Crippen LogP contribution is -2.43. The highest BCUT2D eigenvalue weighted by molar-refractivity contribution is 5.78. The van der Waals surface area contributed by atoms with E-state index < -0.39 is 36.9 Å². The molecule has 0 saturated carbocycles. The first-order valence-corrected chi connectivity index (χ1v) is 7.20. The number of alkyl halides is 3. The summed E-state index contributed by atoms with van der Waals surface area (Å²) in [5.74, 6) is -0.941. The minimum Gasteiger partial charge on any atom is -0.459 e. The van der Waals surface area contributed by atoms with Crippen LogP contribution in [0.3, 0.4) is 0 Å². The lowest BCUT2D eigenvalue weighted by molar-refractivity contribution is -0.162. The van der Waals surface area contributed by atoms with Crippen molar-refractivity contribution >= 4 is 12.1 Å². The average Bonchev–Trinajstić information content (AvgIpc) is 2.41.